The molecular weight excluding hydrogens is 206 g/mol. The first kappa shape index (κ1) is 10.4. The molecule has 0 saturated heterocycles. The van der Waals surface area contributed by atoms with E-state index in [-0.39, 0.29) is 5.56 Å². The standard InChI is InChI=1S/C11H11N3O2/c1-7-2-3-8(5-12-7)4-9-6-13-11(16)14-10(9)15/h2-3,5-6H,4H2,1H3,(H2,13,14,15,16). The number of rotatable bonds is 2. The zero-order valence-corrected chi connectivity index (χ0v) is 8.78. The Balaban J connectivity index is 2.30. The van der Waals surface area contributed by atoms with Crippen molar-refractivity contribution in [3.63, 3.8) is 0 Å². The van der Waals surface area contributed by atoms with Crippen LogP contribution in [0, 0.1) is 6.92 Å². The third-order valence-corrected chi connectivity index (χ3v) is 2.26. The van der Waals surface area contributed by atoms with Crippen LogP contribution in [0.3, 0.4) is 0 Å². The predicted molar refractivity (Wildman–Crippen MR) is 59.5 cm³/mol. The highest BCUT2D eigenvalue weighted by Gasteiger charge is 2.02. The molecule has 2 rings (SSSR count). The molecule has 2 aromatic heterocycles. The topological polar surface area (TPSA) is 78.6 Å². The number of nitrogens with one attached hydrogen (secondary N) is 2. The lowest BCUT2D eigenvalue weighted by molar-refractivity contribution is 0.970. The van der Waals surface area contributed by atoms with Gasteiger partial charge in [0.15, 0.2) is 0 Å². The minimum absolute atomic E-state index is 0.357. The third-order valence-electron chi connectivity index (χ3n) is 2.26. The highest BCUT2D eigenvalue weighted by Crippen LogP contribution is 2.03. The van der Waals surface area contributed by atoms with Crippen LogP contribution < -0.4 is 11.2 Å². The normalized spacial score (nSPS) is 10.3. The largest absolute Gasteiger partial charge is 0.325 e. The number of H-pyrrole nitrogens is 2. The van der Waals surface area contributed by atoms with Crippen LogP contribution in [0.5, 0.6) is 0 Å². The van der Waals surface area contributed by atoms with Crippen molar-refractivity contribution in [3.8, 4) is 0 Å². The second-order valence-corrected chi connectivity index (χ2v) is 3.58. The number of hydrogen-bond acceptors (Lipinski definition) is 3. The van der Waals surface area contributed by atoms with Crippen molar-refractivity contribution in [2.45, 2.75) is 13.3 Å². The van der Waals surface area contributed by atoms with Crippen molar-refractivity contribution in [1.29, 1.82) is 0 Å². The summed E-state index contributed by atoms with van der Waals surface area (Å²) in [5, 5.41) is 0. The van der Waals surface area contributed by atoms with E-state index < -0.39 is 5.69 Å². The molecule has 2 aromatic rings. The van der Waals surface area contributed by atoms with Gasteiger partial charge >= 0.3 is 5.69 Å². The molecule has 0 aliphatic carbocycles. The summed E-state index contributed by atoms with van der Waals surface area (Å²) in [7, 11) is 0. The molecule has 0 aliphatic heterocycles. The summed E-state index contributed by atoms with van der Waals surface area (Å²) >= 11 is 0. The van der Waals surface area contributed by atoms with E-state index in [1.165, 1.54) is 6.20 Å². The van der Waals surface area contributed by atoms with Crippen LogP contribution in [-0.2, 0) is 6.42 Å². The molecule has 0 fully saturated rings. The number of aromatic nitrogens is 3. The van der Waals surface area contributed by atoms with Crippen molar-refractivity contribution in [3.05, 3.63) is 62.2 Å². The van der Waals surface area contributed by atoms with Gasteiger partial charge in [-0.05, 0) is 18.6 Å². The van der Waals surface area contributed by atoms with Crippen molar-refractivity contribution < 1.29 is 0 Å². The molecule has 0 unspecified atom stereocenters. The molecule has 0 radical (unpaired) electrons. The van der Waals surface area contributed by atoms with Gasteiger partial charge in [-0.25, -0.2) is 4.79 Å². The lowest BCUT2D eigenvalue weighted by Gasteiger charge is -2.00. The first-order valence-electron chi connectivity index (χ1n) is 4.87. The smallest absolute Gasteiger partial charge is 0.314 e. The lowest BCUT2D eigenvalue weighted by atomic mass is 10.1. The van der Waals surface area contributed by atoms with Crippen LogP contribution in [0.1, 0.15) is 16.8 Å². The predicted octanol–water partition coefficient (Wildman–Crippen LogP) is 0.357. The molecule has 0 atom stereocenters. The Bertz CT molecular complexity index is 596. The van der Waals surface area contributed by atoms with E-state index in [4.69, 9.17) is 0 Å². The van der Waals surface area contributed by atoms with Crippen molar-refractivity contribution in [2.24, 2.45) is 0 Å². The van der Waals surface area contributed by atoms with E-state index in [1.807, 2.05) is 19.1 Å². The monoisotopic (exact) mass is 217 g/mol. The van der Waals surface area contributed by atoms with Crippen LogP contribution in [-0.4, -0.2) is 15.0 Å². The van der Waals surface area contributed by atoms with Gasteiger partial charge in [0.1, 0.15) is 0 Å². The summed E-state index contributed by atoms with van der Waals surface area (Å²) in [5.74, 6) is 0. The maximum atomic E-state index is 11.4. The quantitative estimate of drug-likeness (QED) is 0.762. The number of pyridine rings is 1. The number of nitrogens with zero attached hydrogens (tertiary/aromatic N) is 1. The van der Waals surface area contributed by atoms with Crippen molar-refractivity contribution in [1.82, 2.24) is 15.0 Å². The SMILES string of the molecule is Cc1ccc(Cc2c[nH]c(=O)[nH]c2=O)cn1. The Morgan fingerprint density at radius 3 is 2.75 bits per heavy atom. The fourth-order valence-electron chi connectivity index (χ4n) is 1.39. The van der Waals surface area contributed by atoms with E-state index >= 15 is 0 Å². The first-order valence-corrected chi connectivity index (χ1v) is 4.87. The summed E-state index contributed by atoms with van der Waals surface area (Å²) in [6.07, 6.45) is 3.61. The molecule has 5 heteroatoms. The Labute approximate surface area is 91.2 Å². The third kappa shape index (κ3) is 2.25. The molecule has 5 nitrogen and oxygen atoms in total. The zero-order chi connectivity index (χ0) is 11.5. The molecule has 0 spiro atoms. The minimum Gasteiger partial charge on any atom is -0.314 e. The zero-order valence-electron chi connectivity index (χ0n) is 8.78. The molecule has 0 aromatic carbocycles. The van der Waals surface area contributed by atoms with Gasteiger partial charge in [0.05, 0.1) is 0 Å². The van der Waals surface area contributed by atoms with E-state index in [9.17, 15) is 9.59 Å². The van der Waals surface area contributed by atoms with Gasteiger partial charge in [-0.2, -0.15) is 0 Å². The van der Waals surface area contributed by atoms with Gasteiger partial charge in [0.2, 0.25) is 0 Å². The van der Waals surface area contributed by atoms with Crippen LogP contribution >= 0.6 is 0 Å². The van der Waals surface area contributed by atoms with Crippen molar-refractivity contribution >= 4 is 0 Å². The van der Waals surface area contributed by atoms with Crippen LogP contribution in [0.15, 0.2) is 34.1 Å². The fourth-order valence-corrected chi connectivity index (χ4v) is 1.39. The number of hydrogen-bond donors (Lipinski definition) is 2. The molecule has 2 N–H and O–H groups in total. The van der Waals surface area contributed by atoms with Gasteiger partial charge in [-0.1, -0.05) is 6.07 Å². The molecule has 0 aliphatic rings. The van der Waals surface area contributed by atoms with Gasteiger partial charge in [-0.15, -0.1) is 0 Å². The number of aromatic amines is 2. The second kappa shape index (κ2) is 4.14. The average molecular weight is 217 g/mol. The van der Waals surface area contributed by atoms with Gasteiger partial charge in [-0.3, -0.25) is 14.8 Å². The van der Waals surface area contributed by atoms with Gasteiger partial charge < -0.3 is 4.98 Å². The molecular formula is C11H11N3O2. The first-order chi connectivity index (χ1) is 7.65. The minimum atomic E-state index is -0.490. The van der Waals surface area contributed by atoms with Gasteiger partial charge in [0.25, 0.3) is 5.56 Å². The van der Waals surface area contributed by atoms with Gasteiger partial charge in [0, 0.05) is 30.1 Å². The Kier molecular flexibility index (Phi) is 2.68. The van der Waals surface area contributed by atoms with Crippen LogP contribution in [0.2, 0.25) is 0 Å². The van der Waals surface area contributed by atoms with Crippen LogP contribution in [0.25, 0.3) is 0 Å². The maximum Gasteiger partial charge on any atom is 0.325 e. The molecule has 82 valence electrons. The molecule has 0 saturated carbocycles. The highest BCUT2D eigenvalue weighted by molar-refractivity contribution is 5.20. The van der Waals surface area contributed by atoms with Crippen LogP contribution in [0.4, 0.5) is 0 Å². The average Bonchev–Trinajstić information content (AvgIpc) is 2.25. The molecule has 16 heavy (non-hydrogen) atoms. The van der Waals surface area contributed by atoms with Crippen molar-refractivity contribution in [2.75, 3.05) is 0 Å². The Morgan fingerprint density at radius 2 is 2.12 bits per heavy atom. The highest BCUT2D eigenvalue weighted by atomic mass is 16.2. The van der Waals surface area contributed by atoms with E-state index in [1.54, 1.807) is 6.20 Å². The Hall–Kier alpha value is -2.17. The molecule has 0 amide bonds. The summed E-state index contributed by atoms with van der Waals surface area (Å²) in [6.45, 7) is 1.90. The number of aryl methyl sites for hydroxylation is 1. The van der Waals surface area contributed by atoms with E-state index in [0.29, 0.717) is 12.0 Å². The van der Waals surface area contributed by atoms with E-state index in [2.05, 4.69) is 15.0 Å². The maximum absolute atomic E-state index is 11.4. The summed E-state index contributed by atoms with van der Waals surface area (Å²) in [4.78, 5) is 31.0. The fraction of sp³-hybridized carbons (Fsp3) is 0.182. The summed E-state index contributed by atoms with van der Waals surface area (Å²) in [6, 6.07) is 3.79. The lowest BCUT2D eigenvalue weighted by Crippen LogP contribution is -2.24. The molecule has 2 heterocycles. The molecule has 0 bridgehead atoms. The summed E-state index contributed by atoms with van der Waals surface area (Å²) in [5.41, 5.74) is 1.53. The Morgan fingerprint density at radius 1 is 1.31 bits per heavy atom. The van der Waals surface area contributed by atoms with E-state index in [0.717, 1.165) is 11.3 Å². The second-order valence-electron chi connectivity index (χ2n) is 3.58. The summed E-state index contributed by atoms with van der Waals surface area (Å²) < 4.78 is 0.